The highest BCUT2D eigenvalue weighted by Gasteiger charge is 2.27. The number of nitrogens with zero attached hydrogens (tertiary/aromatic N) is 1. The first-order valence-electron chi connectivity index (χ1n) is 7.87. The third-order valence-corrected chi connectivity index (χ3v) is 5.82. The summed E-state index contributed by atoms with van der Waals surface area (Å²) in [6, 6.07) is 7.90. The predicted molar refractivity (Wildman–Crippen MR) is 87.5 cm³/mol. The Balaban J connectivity index is 1.84. The van der Waals surface area contributed by atoms with Crippen molar-refractivity contribution < 1.29 is 8.42 Å². The Hall–Kier alpha value is -1.07. The van der Waals surface area contributed by atoms with Crippen LogP contribution in [0.25, 0.3) is 0 Å². The molecule has 0 bridgehead atoms. The second-order valence-corrected chi connectivity index (χ2v) is 7.74. The van der Waals surface area contributed by atoms with Crippen LogP contribution in [0.4, 0.5) is 5.69 Å². The van der Waals surface area contributed by atoms with Gasteiger partial charge in [0.1, 0.15) is 0 Å². The minimum absolute atomic E-state index is 0.215. The van der Waals surface area contributed by atoms with Gasteiger partial charge in [0.05, 0.1) is 10.6 Å². The molecule has 0 amide bonds. The molecule has 0 saturated heterocycles. The highest BCUT2D eigenvalue weighted by atomic mass is 32.2. The minimum atomic E-state index is -3.10. The fourth-order valence-corrected chi connectivity index (χ4v) is 3.87. The molecule has 1 aliphatic carbocycles. The normalized spacial score (nSPS) is 15.4. The summed E-state index contributed by atoms with van der Waals surface area (Å²) in [5, 5.41) is 3.37. The van der Waals surface area contributed by atoms with Gasteiger partial charge >= 0.3 is 0 Å². The molecule has 1 fully saturated rings. The lowest BCUT2D eigenvalue weighted by Crippen LogP contribution is -2.30. The van der Waals surface area contributed by atoms with E-state index in [2.05, 4.69) is 17.1 Å². The van der Waals surface area contributed by atoms with E-state index in [1.807, 2.05) is 19.1 Å². The molecule has 0 unspecified atom stereocenters. The molecule has 4 nitrogen and oxygen atoms in total. The van der Waals surface area contributed by atoms with E-state index in [0.29, 0.717) is 11.3 Å². The van der Waals surface area contributed by atoms with Gasteiger partial charge in [-0.05, 0) is 50.1 Å². The number of sulfone groups is 1. The van der Waals surface area contributed by atoms with Gasteiger partial charge in [-0.2, -0.15) is 0 Å². The van der Waals surface area contributed by atoms with Crippen LogP contribution in [-0.4, -0.2) is 44.7 Å². The van der Waals surface area contributed by atoms with Gasteiger partial charge in [-0.3, -0.25) is 4.90 Å². The summed E-state index contributed by atoms with van der Waals surface area (Å²) in [6.45, 7) is 7.11. The van der Waals surface area contributed by atoms with Gasteiger partial charge in [0.25, 0.3) is 0 Å². The van der Waals surface area contributed by atoms with E-state index in [9.17, 15) is 8.42 Å². The third-order valence-electron chi connectivity index (χ3n) is 3.88. The zero-order valence-electron chi connectivity index (χ0n) is 13.0. The molecular weight excluding hydrogens is 284 g/mol. The van der Waals surface area contributed by atoms with Crippen LogP contribution in [0.1, 0.15) is 33.1 Å². The number of nitrogens with one attached hydrogen (secondary N) is 1. The molecule has 21 heavy (non-hydrogen) atoms. The first-order chi connectivity index (χ1) is 10.1. The lowest BCUT2D eigenvalue weighted by Gasteiger charge is -2.20. The molecule has 1 aromatic rings. The lowest BCUT2D eigenvalue weighted by molar-refractivity contribution is 0.289. The summed E-state index contributed by atoms with van der Waals surface area (Å²) >= 11 is 0. The van der Waals surface area contributed by atoms with Crippen LogP contribution in [0.5, 0.6) is 0 Å². The third kappa shape index (κ3) is 4.71. The van der Waals surface area contributed by atoms with E-state index in [4.69, 9.17) is 0 Å². The Bertz CT molecular complexity index is 536. The monoisotopic (exact) mass is 310 g/mol. The molecule has 0 atom stereocenters. The molecule has 0 aromatic heterocycles. The summed E-state index contributed by atoms with van der Waals surface area (Å²) in [7, 11) is -3.10. The lowest BCUT2D eigenvalue weighted by atomic mass is 10.3. The van der Waals surface area contributed by atoms with Gasteiger partial charge in [-0.25, -0.2) is 8.42 Å². The molecule has 0 aliphatic heterocycles. The Morgan fingerprint density at radius 3 is 2.38 bits per heavy atom. The molecule has 0 radical (unpaired) electrons. The van der Waals surface area contributed by atoms with Crippen molar-refractivity contribution in [2.45, 2.75) is 44.0 Å². The van der Waals surface area contributed by atoms with E-state index in [1.165, 1.54) is 12.8 Å². The average molecular weight is 310 g/mol. The SMILES string of the molecule is CCCS(=O)(=O)c1ccc(NCCN(CC)C2CC2)cc1. The van der Waals surface area contributed by atoms with E-state index < -0.39 is 9.84 Å². The van der Waals surface area contributed by atoms with Crippen molar-refractivity contribution in [3.05, 3.63) is 24.3 Å². The van der Waals surface area contributed by atoms with Gasteiger partial charge in [0.15, 0.2) is 9.84 Å². The summed E-state index contributed by atoms with van der Waals surface area (Å²) in [5.41, 5.74) is 0.984. The number of hydrogen-bond donors (Lipinski definition) is 1. The highest BCUT2D eigenvalue weighted by Crippen LogP contribution is 2.26. The number of benzene rings is 1. The van der Waals surface area contributed by atoms with Gasteiger partial charge in [0.2, 0.25) is 0 Å². The quantitative estimate of drug-likeness (QED) is 0.762. The minimum Gasteiger partial charge on any atom is -0.384 e. The second-order valence-electron chi connectivity index (χ2n) is 5.63. The summed E-state index contributed by atoms with van der Waals surface area (Å²) in [6.07, 6.45) is 3.31. The van der Waals surface area contributed by atoms with Crippen LogP contribution in [0, 0.1) is 0 Å². The Morgan fingerprint density at radius 1 is 1.19 bits per heavy atom. The number of anilines is 1. The summed E-state index contributed by atoms with van der Waals surface area (Å²) < 4.78 is 23.9. The number of likely N-dealkylation sites (N-methyl/N-ethyl adjacent to an activating group) is 1. The molecule has 0 heterocycles. The first-order valence-corrected chi connectivity index (χ1v) is 9.52. The van der Waals surface area contributed by atoms with E-state index in [1.54, 1.807) is 12.1 Å². The Labute approximate surface area is 128 Å². The number of rotatable bonds is 9. The fourth-order valence-electron chi connectivity index (χ4n) is 2.55. The van der Waals surface area contributed by atoms with Gasteiger partial charge in [-0.15, -0.1) is 0 Å². The molecular formula is C16H26N2O2S. The smallest absolute Gasteiger partial charge is 0.178 e. The molecule has 5 heteroatoms. The van der Waals surface area contributed by atoms with Crippen molar-refractivity contribution in [3.8, 4) is 0 Å². The van der Waals surface area contributed by atoms with Crippen molar-refractivity contribution in [1.82, 2.24) is 4.90 Å². The van der Waals surface area contributed by atoms with Crippen molar-refractivity contribution in [2.24, 2.45) is 0 Å². The standard InChI is InChI=1S/C16H26N2O2S/c1-3-13-21(19,20)16-9-5-14(6-10-16)17-11-12-18(4-2)15-7-8-15/h5-6,9-10,15,17H,3-4,7-8,11-13H2,1-2H3. The average Bonchev–Trinajstić information content (AvgIpc) is 3.29. The zero-order chi connectivity index (χ0) is 15.3. The maximum atomic E-state index is 11.9. The van der Waals surface area contributed by atoms with Crippen LogP contribution >= 0.6 is 0 Å². The van der Waals surface area contributed by atoms with E-state index in [-0.39, 0.29) is 5.75 Å². The second kappa shape index (κ2) is 7.27. The van der Waals surface area contributed by atoms with Crippen molar-refractivity contribution in [1.29, 1.82) is 0 Å². The van der Waals surface area contributed by atoms with Gasteiger partial charge in [-0.1, -0.05) is 13.8 Å². The Kier molecular flexibility index (Phi) is 5.65. The fraction of sp³-hybridized carbons (Fsp3) is 0.625. The van der Waals surface area contributed by atoms with E-state index in [0.717, 1.165) is 31.4 Å². The summed E-state index contributed by atoms with van der Waals surface area (Å²) in [4.78, 5) is 2.91. The maximum absolute atomic E-state index is 11.9. The molecule has 1 aromatic carbocycles. The van der Waals surface area contributed by atoms with Crippen molar-refractivity contribution in [3.63, 3.8) is 0 Å². The summed E-state index contributed by atoms with van der Waals surface area (Å²) in [5.74, 6) is 0.215. The topological polar surface area (TPSA) is 49.4 Å². The highest BCUT2D eigenvalue weighted by molar-refractivity contribution is 7.91. The first kappa shape index (κ1) is 16.3. The van der Waals surface area contributed by atoms with Crippen LogP contribution < -0.4 is 5.32 Å². The molecule has 118 valence electrons. The van der Waals surface area contributed by atoms with Crippen molar-refractivity contribution in [2.75, 3.05) is 30.7 Å². The van der Waals surface area contributed by atoms with Crippen molar-refractivity contribution >= 4 is 15.5 Å². The molecule has 2 rings (SSSR count). The van der Waals surface area contributed by atoms with Gasteiger partial charge in [0, 0.05) is 24.8 Å². The molecule has 0 spiro atoms. The zero-order valence-corrected chi connectivity index (χ0v) is 13.8. The van der Waals surface area contributed by atoms with E-state index >= 15 is 0 Å². The maximum Gasteiger partial charge on any atom is 0.178 e. The Morgan fingerprint density at radius 2 is 1.86 bits per heavy atom. The molecule has 1 aliphatic rings. The number of hydrogen-bond acceptors (Lipinski definition) is 4. The molecule has 1 saturated carbocycles. The largest absolute Gasteiger partial charge is 0.384 e. The molecule has 1 N–H and O–H groups in total. The predicted octanol–water partition coefficient (Wildman–Crippen LogP) is 2.77. The van der Waals surface area contributed by atoms with Crippen LogP contribution in [-0.2, 0) is 9.84 Å². The van der Waals surface area contributed by atoms with Crippen LogP contribution in [0.15, 0.2) is 29.2 Å². The van der Waals surface area contributed by atoms with Crippen LogP contribution in [0.2, 0.25) is 0 Å². The van der Waals surface area contributed by atoms with Gasteiger partial charge < -0.3 is 5.32 Å². The van der Waals surface area contributed by atoms with Crippen LogP contribution in [0.3, 0.4) is 0 Å².